The Morgan fingerprint density at radius 1 is 1.25 bits per heavy atom. The molecule has 20 heavy (non-hydrogen) atoms. The van der Waals surface area contributed by atoms with Crippen molar-refractivity contribution in [2.75, 3.05) is 39.3 Å². The average Bonchev–Trinajstić information content (AvgIpc) is 2.76. The van der Waals surface area contributed by atoms with Crippen LogP contribution in [0.2, 0.25) is 0 Å². The monoisotopic (exact) mass is 302 g/mol. The molecule has 0 atom stereocenters. The van der Waals surface area contributed by atoms with Gasteiger partial charge in [-0.3, -0.25) is 0 Å². The van der Waals surface area contributed by atoms with Crippen LogP contribution in [0.25, 0.3) is 0 Å². The molecule has 0 radical (unpaired) electrons. The van der Waals surface area contributed by atoms with Crippen LogP contribution in [0.5, 0.6) is 0 Å². The minimum Gasteiger partial charge on any atom is -0.465 e. The number of aryl methyl sites for hydroxylation is 2. The molecule has 0 unspecified atom stereocenters. The van der Waals surface area contributed by atoms with Gasteiger partial charge in [0.15, 0.2) is 0 Å². The number of furan rings is 1. The van der Waals surface area contributed by atoms with Crippen LogP contribution in [-0.4, -0.2) is 62.1 Å². The molecule has 0 spiro atoms. The summed E-state index contributed by atoms with van der Waals surface area (Å²) >= 11 is 0. The van der Waals surface area contributed by atoms with Gasteiger partial charge in [0, 0.05) is 39.3 Å². The lowest BCUT2D eigenvalue weighted by Gasteiger charge is -2.33. The summed E-state index contributed by atoms with van der Waals surface area (Å²) in [4.78, 5) is 2.45. The number of sulfonamides is 1. The molecule has 1 aromatic heterocycles. The van der Waals surface area contributed by atoms with E-state index in [1.807, 2.05) is 0 Å². The number of piperazine rings is 1. The second-order valence-electron chi connectivity index (χ2n) is 5.10. The van der Waals surface area contributed by atoms with Crippen molar-refractivity contribution in [2.45, 2.75) is 25.2 Å². The molecule has 114 valence electrons. The van der Waals surface area contributed by atoms with Crippen molar-refractivity contribution in [2.24, 2.45) is 0 Å². The predicted molar refractivity (Wildman–Crippen MR) is 75.1 cm³/mol. The number of hydrogen-bond donors (Lipinski definition) is 1. The number of aliphatic hydroxyl groups excluding tert-OH is 1. The molecule has 1 N–H and O–H groups in total. The van der Waals surface area contributed by atoms with Crippen molar-refractivity contribution in [3.63, 3.8) is 0 Å². The number of rotatable bonds is 5. The zero-order chi connectivity index (χ0) is 14.8. The summed E-state index contributed by atoms with van der Waals surface area (Å²) in [5.74, 6) is 1.06. The third-order valence-electron chi connectivity index (χ3n) is 3.58. The van der Waals surface area contributed by atoms with Gasteiger partial charge in [0.25, 0.3) is 0 Å². The molecule has 7 heteroatoms. The molecule has 1 fully saturated rings. The van der Waals surface area contributed by atoms with E-state index in [-0.39, 0.29) is 11.5 Å². The Morgan fingerprint density at radius 3 is 2.40 bits per heavy atom. The standard InChI is InChI=1S/C13H22N2O4S/c1-11-10-13(12(2)19-11)20(17,18)15-7-5-14(6-8-15)4-3-9-16/h10,16H,3-9H2,1-2H3. The second-order valence-corrected chi connectivity index (χ2v) is 7.01. The van der Waals surface area contributed by atoms with Crippen LogP contribution in [0.4, 0.5) is 0 Å². The Morgan fingerprint density at radius 2 is 1.90 bits per heavy atom. The van der Waals surface area contributed by atoms with Crippen molar-refractivity contribution in [1.82, 2.24) is 9.21 Å². The van der Waals surface area contributed by atoms with Crippen LogP contribution in [0.1, 0.15) is 17.9 Å². The Bertz CT molecular complexity index is 545. The smallest absolute Gasteiger partial charge is 0.246 e. The third kappa shape index (κ3) is 3.22. The fourth-order valence-electron chi connectivity index (χ4n) is 2.49. The molecule has 0 aromatic carbocycles. The van der Waals surface area contributed by atoms with E-state index in [0.29, 0.717) is 37.7 Å². The zero-order valence-corrected chi connectivity index (χ0v) is 12.8. The van der Waals surface area contributed by atoms with Gasteiger partial charge in [-0.1, -0.05) is 0 Å². The van der Waals surface area contributed by atoms with Gasteiger partial charge in [0.2, 0.25) is 10.0 Å². The van der Waals surface area contributed by atoms with Gasteiger partial charge in [-0.25, -0.2) is 8.42 Å². The van der Waals surface area contributed by atoms with Crippen molar-refractivity contribution < 1.29 is 17.9 Å². The first-order valence-electron chi connectivity index (χ1n) is 6.85. The summed E-state index contributed by atoms with van der Waals surface area (Å²) < 4.78 is 31.9. The highest BCUT2D eigenvalue weighted by atomic mass is 32.2. The van der Waals surface area contributed by atoms with E-state index in [1.54, 1.807) is 19.9 Å². The Balaban J connectivity index is 2.04. The molecule has 0 aliphatic carbocycles. The summed E-state index contributed by atoms with van der Waals surface area (Å²) in [5, 5.41) is 8.82. The van der Waals surface area contributed by atoms with Crippen molar-refractivity contribution in [3.05, 3.63) is 17.6 Å². The van der Waals surface area contributed by atoms with Crippen molar-refractivity contribution in [3.8, 4) is 0 Å². The molecule has 0 bridgehead atoms. The topological polar surface area (TPSA) is 74.0 Å². The van der Waals surface area contributed by atoms with Gasteiger partial charge in [0.05, 0.1) is 0 Å². The van der Waals surface area contributed by atoms with E-state index in [9.17, 15) is 8.42 Å². The highest BCUT2D eigenvalue weighted by molar-refractivity contribution is 7.89. The van der Waals surface area contributed by atoms with E-state index in [4.69, 9.17) is 9.52 Å². The molecular weight excluding hydrogens is 280 g/mol. The molecule has 2 rings (SSSR count). The predicted octanol–water partition coefficient (Wildman–Crippen LogP) is 0.585. The van der Waals surface area contributed by atoms with Crippen LogP contribution < -0.4 is 0 Å². The highest BCUT2D eigenvalue weighted by Gasteiger charge is 2.30. The molecule has 6 nitrogen and oxygen atoms in total. The summed E-state index contributed by atoms with van der Waals surface area (Å²) in [7, 11) is -3.45. The van der Waals surface area contributed by atoms with E-state index in [0.717, 1.165) is 13.0 Å². The first-order valence-corrected chi connectivity index (χ1v) is 8.29. The largest absolute Gasteiger partial charge is 0.465 e. The summed E-state index contributed by atoms with van der Waals surface area (Å²) in [6.07, 6.45) is 0.729. The molecular formula is C13H22N2O4S. The molecule has 1 aliphatic heterocycles. The lowest BCUT2D eigenvalue weighted by Crippen LogP contribution is -2.48. The third-order valence-corrected chi connectivity index (χ3v) is 5.58. The SMILES string of the molecule is Cc1cc(S(=O)(=O)N2CCN(CCCO)CC2)c(C)o1. The van der Waals surface area contributed by atoms with E-state index < -0.39 is 10.0 Å². The lowest BCUT2D eigenvalue weighted by atomic mass is 10.3. The number of aliphatic hydroxyl groups is 1. The first-order chi connectivity index (χ1) is 9.45. The zero-order valence-electron chi connectivity index (χ0n) is 12.0. The Kier molecular flexibility index (Phi) is 4.85. The number of nitrogens with zero attached hydrogens (tertiary/aromatic N) is 2. The van der Waals surface area contributed by atoms with Crippen molar-refractivity contribution in [1.29, 1.82) is 0 Å². The van der Waals surface area contributed by atoms with Crippen molar-refractivity contribution >= 4 is 10.0 Å². The van der Waals surface area contributed by atoms with E-state index >= 15 is 0 Å². The van der Waals surface area contributed by atoms with Crippen LogP contribution in [-0.2, 0) is 10.0 Å². The molecule has 1 aliphatic rings. The maximum atomic E-state index is 12.5. The van der Waals surface area contributed by atoms with Gasteiger partial charge >= 0.3 is 0 Å². The van der Waals surface area contributed by atoms with Gasteiger partial charge in [-0.05, 0) is 26.3 Å². The van der Waals surface area contributed by atoms with E-state index in [1.165, 1.54) is 4.31 Å². The van der Waals surface area contributed by atoms with Crippen LogP contribution in [0.15, 0.2) is 15.4 Å². The Hall–Kier alpha value is -0.890. The fourth-order valence-corrected chi connectivity index (χ4v) is 4.13. The molecule has 0 saturated carbocycles. The van der Waals surface area contributed by atoms with E-state index in [2.05, 4.69) is 4.90 Å². The minimum absolute atomic E-state index is 0.173. The van der Waals surface area contributed by atoms with Crippen LogP contribution >= 0.6 is 0 Å². The normalized spacial score (nSPS) is 18.6. The Labute approximate surface area is 120 Å². The van der Waals surface area contributed by atoms with Gasteiger partial charge in [0.1, 0.15) is 16.4 Å². The van der Waals surface area contributed by atoms with Gasteiger partial charge in [-0.2, -0.15) is 4.31 Å². The van der Waals surface area contributed by atoms with Gasteiger partial charge < -0.3 is 14.4 Å². The molecule has 1 saturated heterocycles. The average molecular weight is 302 g/mol. The van der Waals surface area contributed by atoms with Crippen LogP contribution in [0.3, 0.4) is 0 Å². The maximum Gasteiger partial charge on any atom is 0.246 e. The minimum atomic E-state index is -3.45. The highest BCUT2D eigenvalue weighted by Crippen LogP contribution is 2.24. The summed E-state index contributed by atoms with van der Waals surface area (Å²) in [5.41, 5.74) is 0. The lowest BCUT2D eigenvalue weighted by molar-refractivity contribution is 0.171. The second kappa shape index (κ2) is 6.26. The molecule has 1 aromatic rings. The molecule has 0 amide bonds. The maximum absolute atomic E-state index is 12.5. The van der Waals surface area contributed by atoms with Gasteiger partial charge in [-0.15, -0.1) is 0 Å². The number of hydrogen-bond acceptors (Lipinski definition) is 5. The fraction of sp³-hybridized carbons (Fsp3) is 0.692. The summed E-state index contributed by atoms with van der Waals surface area (Å²) in [6, 6.07) is 1.59. The summed E-state index contributed by atoms with van der Waals surface area (Å²) in [6.45, 7) is 6.79. The molecule has 2 heterocycles. The van der Waals surface area contributed by atoms with Crippen LogP contribution in [0, 0.1) is 13.8 Å². The quantitative estimate of drug-likeness (QED) is 0.861. The first kappa shape index (κ1) is 15.5.